The lowest BCUT2D eigenvalue weighted by Crippen LogP contribution is -2.47. The van der Waals surface area contributed by atoms with Gasteiger partial charge in [-0.2, -0.15) is 0 Å². The average Bonchev–Trinajstić information content (AvgIpc) is 3.12. The molecule has 1 saturated carbocycles. The first kappa shape index (κ1) is 12.3. The van der Waals surface area contributed by atoms with Crippen LogP contribution >= 0.6 is 0 Å². The molecule has 96 valence electrons. The van der Waals surface area contributed by atoms with Crippen LogP contribution in [-0.4, -0.2) is 72.2 Å². The lowest BCUT2D eigenvalue weighted by molar-refractivity contribution is -0.141. The maximum atomic E-state index is 12.0. The fourth-order valence-electron chi connectivity index (χ4n) is 2.01. The van der Waals surface area contributed by atoms with Crippen LogP contribution in [0.15, 0.2) is 0 Å². The summed E-state index contributed by atoms with van der Waals surface area (Å²) in [4.78, 5) is 26.2. The highest BCUT2D eigenvalue weighted by atomic mass is 16.5. The Kier molecular flexibility index (Phi) is 3.96. The van der Waals surface area contributed by atoms with Crippen LogP contribution in [0.1, 0.15) is 12.8 Å². The molecule has 2 fully saturated rings. The second-order valence-corrected chi connectivity index (χ2v) is 4.52. The van der Waals surface area contributed by atoms with Crippen molar-refractivity contribution >= 4 is 11.9 Å². The number of hydrogen-bond donors (Lipinski definition) is 1. The molecular formula is C11H18N2O4. The molecule has 1 aliphatic carbocycles. The zero-order valence-electron chi connectivity index (χ0n) is 9.80. The maximum Gasteiger partial charge on any atom is 0.317 e. The van der Waals surface area contributed by atoms with Gasteiger partial charge in [-0.25, -0.2) is 0 Å². The summed E-state index contributed by atoms with van der Waals surface area (Å²) in [6, 6.07) is 0.288. The minimum Gasteiger partial charge on any atom is -0.480 e. The number of aliphatic carboxylic acids is 1. The average molecular weight is 242 g/mol. The summed E-state index contributed by atoms with van der Waals surface area (Å²) in [7, 11) is 0. The van der Waals surface area contributed by atoms with Crippen LogP contribution in [-0.2, 0) is 14.3 Å². The molecule has 1 amide bonds. The number of amides is 1. The van der Waals surface area contributed by atoms with Crippen LogP contribution in [0.25, 0.3) is 0 Å². The maximum absolute atomic E-state index is 12.0. The van der Waals surface area contributed by atoms with Crippen molar-refractivity contribution in [3.63, 3.8) is 0 Å². The number of carboxylic acid groups (broad SMARTS) is 1. The highest BCUT2D eigenvalue weighted by Gasteiger charge is 2.32. The summed E-state index contributed by atoms with van der Waals surface area (Å²) in [5.74, 6) is -0.854. The molecule has 6 nitrogen and oxygen atoms in total. The molecule has 0 aromatic carbocycles. The number of carbonyl (C=O) groups excluding carboxylic acids is 1. The molecule has 0 unspecified atom stereocenters. The smallest absolute Gasteiger partial charge is 0.317 e. The topological polar surface area (TPSA) is 70.1 Å². The first-order valence-corrected chi connectivity index (χ1v) is 5.98. The molecule has 0 spiro atoms. The first-order valence-electron chi connectivity index (χ1n) is 5.98. The molecule has 0 bridgehead atoms. The molecule has 0 atom stereocenters. The van der Waals surface area contributed by atoms with Gasteiger partial charge in [-0.1, -0.05) is 0 Å². The van der Waals surface area contributed by atoms with E-state index in [-0.39, 0.29) is 25.0 Å². The summed E-state index contributed by atoms with van der Waals surface area (Å²) in [5, 5.41) is 8.80. The number of nitrogens with zero attached hydrogens (tertiary/aromatic N) is 2. The Morgan fingerprint density at radius 3 is 2.41 bits per heavy atom. The predicted molar refractivity (Wildman–Crippen MR) is 59.6 cm³/mol. The van der Waals surface area contributed by atoms with Gasteiger partial charge >= 0.3 is 5.97 Å². The van der Waals surface area contributed by atoms with Gasteiger partial charge in [0, 0.05) is 19.1 Å². The number of carbonyl (C=O) groups is 2. The van der Waals surface area contributed by atoms with Crippen molar-refractivity contribution < 1.29 is 19.4 Å². The monoisotopic (exact) mass is 242 g/mol. The van der Waals surface area contributed by atoms with Crippen LogP contribution in [0.2, 0.25) is 0 Å². The quantitative estimate of drug-likeness (QED) is 0.696. The number of ether oxygens (including phenoxy) is 1. The molecule has 0 aromatic rings. The van der Waals surface area contributed by atoms with Crippen molar-refractivity contribution in [3.05, 3.63) is 0 Å². The van der Waals surface area contributed by atoms with E-state index in [9.17, 15) is 9.59 Å². The van der Waals surface area contributed by atoms with Gasteiger partial charge in [0.1, 0.15) is 0 Å². The molecule has 0 radical (unpaired) electrons. The van der Waals surface area contributed by atoms with Crippen molar-refractivity contribution in [2.45, 2.75) is 18.9 Å². The van der Waals surface area contributed by atoms with E-state index in [1.54, 1.807) is 9.80 Å². The van der Waals surface area contributed by atoms with E-state index in [1.165, 1.54) is 0 Å². The highest BCUT2D eigenvalue weighted by molar-refractivity contribution is 5.79. The molecule has 6 heteroatoms. The SMILES string of the molecule is O=C(O)CN(CC(=O)N1CCOCC1)C1CC1. The predicted octanol–water partition coefficient (Wildman–Crippen LogP) is -0.606. The van der Waals surface area contributed by atoms with Crippen molar-refractivity contribution in [3.8, 4) is 0 Å². The van der Waals surface area contributed by atoms with Crippen LogP contribution in [0.3, 0.4) is 0 Å². The third-order valence-electron chi connectivity index (χ3n) is 3.10. The van der Waals surface area contributed by atoms with Crippen molar-refractivity contribution in [2.75, 3.05) is 39.4 Å². The van der Waals surface area contributed by atoms with Crippen molar-refractivity contribution in [2.24, 2.45) is 0 Å². The van der Waals surface area contributed by atoms with E-state index in [0.29, 0.717) is 26.3 Å². The van der Waals surface area contributed by atoms with E-state index in [0.717, 1.165) is 12.8 Å². The minimum atomic E-state index is -0.869. The molecule has 2 rings (SSSR count). The van der Waals surface area contributed by atoms with Gasteiger partial charge in [0.15, 0.2) is 0 Å². The third-order valence-corrected chi connectivity index (χ3v) is 3.10. The van der Waals surface area contributed by atoms with Gasteiger partial charge in [-0.15, -0.1) is 0 Å². The molecule has 1 heterocycles. The lowest BCUT2D eigenvalue weighted by Gasteiger charge is -2.29. The molecule has 0 aromatic heterocycles. The molecular weight excluding hydrogens is 224 g/mol. The summed E-state index contributed by atoms with van der Waals surface area (Å²) >= 11 is 0. The van der Waals surface area contributed by atoms with Crippen molar-refractivity contribution in [1.29, 1.82) is 0 Å². The normalized spacial score (nSPS) is 20.6. The molecule has 1 N–H and O–H groups in total. The van der Waals surface area contributed by atoms with Crippen LogP contribution in [0.5, 0.6) is 0 Å². The zero-order chi connectivity index (χ0) is 12.3. The van der Waals surface area contributed by atoms with E-state index >= 15 is 0 Å². The highest BCUT2D eigenvalue weighted by Crippen LogP contribution is 2.26. The van der Waals surface area contributed by atoms with Gasteiger partial charge in [0.25, 0.3) is 0 Å². The standard InChI is InChI=1S/C11H18N2O4/c14-10(12-3-5-17-6-4-12)7-13(8-11(15)16)9-1-2-9/h9H,1-8H2,(H,15,16). The van der Waals surface area contributed by atoms with E-state index in [1.807, 2.05) is 0 Å². The number of rotatable bonds is 5. The van der Waals surface area contributed by atoms with Gasteiger partial charge in [-0.05, 0) is 12.8 Å². The fourth-order valence-corrected chi connectivity index (χ4v) is 2.01. The Balaban J connectivity index is 1.83. The van der Waals surface area contributed by atoms with Crippen molar-refractivity contribution in [1.82, 2.24) is 9.80 Å². The second kappa shape index (κ2) is 5.46. The minimum absolute atomic E-state index is 0.0152. The summed E-state index contributed by atoms with van der Waals surface area (Å²) < 4.78 is 5.18. The third kappa shape index (κ3) is 3.67. The molecule has 17 heavy (non-hydrogen) atoms. The Morgan fingerprint density at radius 1 is 1.24 bits per heavy atom. The number of hydrogen-bond acceptors (Lipinski definition) is 4. The Morgan fingerprint density at radius 2 is 1.88 bits per heavy atom. The Labute approximate surface area is 100 Å². The Bertz CT molecular complexity index is 298. The largest absolute Gasteiger partial charge is 0.480 e. The van der Waals surface area contributed by atoms with Gasteiger partial charge in [0.2, 0.25) is 5.91 Å². The summed E-state index contributed by atoms with van der Waals surface area (Å²) in [5.41, 5.74) is 0. The van der Waals surface area contributed by atoms with Crippen LogP contribution < -0.4 is 0 Å². The van der Waals surface area contributed by atoms with Crippen LogP contribution in [0.4, 0.5) is 0 Å². The van der Waals surface area contributed by atoms with Crippen LogP contribution in [0, 0.1) is 0 Å². The lowest BCUT2D eigenvalue weighted by atomic mass is 10.3. The first-order chi connectivity index (χ1) is 8.16. The van der Waals surface area contributed by atoms with E-state index in [4.69, 9.17) is 9.84 Å². The molecule has 1 saturated heterocycles. The fraction of sp³-hybridized carbons (Fsp3) is 0.818. The Hall–Kier alpha value is -1.14. The van der Waals surface area contributed by atoms with E-state index in [2.05, 4.69) is 0 Å². The summed E-state index contributed by atoms with van der Waals surface area (Å²) in [6.45, 7) is 2.56. The molecule has 2 aliphatic rings. The van der Waals surface area contributed by atoms with Gasteiger partial charge in [0.05, 0.1) is 26.3 Å². The molecule has 1 aliphatic heterocycles. The number of morpholine rings is 1. The van der Waals surface area contributed by atoms with E-state index < -0.39 is 5.97 Å². The second-order valence-electron chi connectivity index (χ2n) is 4.52. The zero-order valence-corrected chi connectivity index (χ0v) is 9.80. The van der Waals surface area contributed by atoms with Gasteiger partial charge < -0.3 is 14.7 Å². The van der Waals surface area contributed by atoms with Gasteiger partial charge in [-0.3, -0.25) is 14.5 Å². The number of carboxylic acids is 1. The summed E-state index contributed by atoms with van der Waals surface area (Å²) in [6.07, 6.45) is 2.01.